The minimum absolute atomic E-state index is 0.208. The number of rotatable bonds is 2. The monoisotopic (exact) mass is 354 g/mol. The van der Waals surface area contributed by atoms with Crippen molar-refractivity contribution in [2.45, 2.75) is 6.42 Å². The highest BCUT2D eigenvalue weighted by molar-refractivity contribution is 14.1. The molecule has 1 aromatic carbocycles. The van der Waals surface area contributed by atoms with Gasteiger partial charge in [0.25, 0.3) is 0 Å². The van der Waals surface area contributed by atoms with Crippen LogP contribution in [0, 0.1) is 3.57 Å². The minimum atomic E-state index is -0.208. The van der Waals surface area contributed by atoms with Crippen molar-refractivity contribution < 1.29 is 9.53 Å². The number of methoxy groups -OCH3 is 1. The molecule has 0 radical (unpaired) electrons. The summed E-state index contributed by atoms with van der Waals surface area (Å²) in [7, 11) is 1.40. The zero-order valence-electron chi connectivity index (χ0n) is 7.01. The van der Waals surface area contributed by atoms with Gasteiger partial charge >= 0.3 is 5.97 Å². The topological polar surface area (TPSA) is 26.3 Å². The maximum atomic E-state index is 11.0. The number of hydrogen-bond acceptors (Lipinski definition) is 2. The molecule has 13 heavy (non-hydrogen) atoms. The number of ether oxygens (including phenoxy) is 1. The first-order chi connectivity index (χ1) is 6.13. The Morgan fingerprint density at radius 1 is 1.62 bits per heavy atom. The van der Waals surface area contributed by atoms with Gasteiger partial charge in [0.2, 0.25) is 0 Å². The van der Waals surface area contributed by atoms with Crippen molar-refractivity contribution in [3.8, 4) is 0 Å². The molecule has 0 spiro atoms. The van der Waals surface area contributed by atoms with Crippen LogP contribution in [-0.2, 0) is 16.0 Å². The molecule has 0 aliphatic carbocycles. The number of halogens is 2. The van der Waals surface area contributed by atoms with Gasteiger partial charge in [-0.25, -0.2) is 0 Å². The van der Waals surface area contributed by atoms with Crippen LogP contribution in [0.5, 0.6) is 0 Å². The Hall–Kier alpha value is -0.100. The Labute approximate surface area is 98.9 Å². The lowest BCUT2D eigenvalue weighted by Crippen LogP contribution is -2.05. The van der Waals surface area contributed by atoms with E-state index in [2.05, 4.69) is 43.3 Å². The van der Waals surface area contributed by atoms with Crippen LogP contribution in [0.3, 0.4) is 0 Å². The fourth-order valence-corrected chi connectivity index (χ4v) is 2.39. The van der Waals surface area contributed by atoms with E-state index >= 15 is 0 Å². The molecule has 4 heteroatoms. The van der Waals surface area contributed by atoms with Crippen LogP contribution in [0.4, 0.5) is 0 Å². The number of carbonyl (C=O) groups excluding carboxylic acids is 1. The second-order valence-electron chi connectivity index (χ2n) is 2.49. The van der Waals surface area contributed by atoms with E-state index in [-0.39, 0.29) is 5.97 Å². The molecule has 0 atom stereocenters. The van der Waals surface area contributed by atoms with Gasteiger partial charge in [-0.15, -0.1) is 0 Å². The molecule has 0 fully saturated rings. The molecule has 70 valence electrons. The van der Waals surface area contributed by atoms with Gasteiger partial charge in [0, 0.05) is 8.04 Å². The average Bonchev–Trinajstić information content (AvgIpc) is 2.09. The molecule has 1 aromatic rings. The summed E-state index contributed by atoms with van der Waals surface area (Å²) in [4.78, 5) is 11.0. The van der Waals surface area contributed by atoms with Crippen molar-refractivity contribution in [1.29, 1.82) is 0 Å². The van der Waals surface area contributed by atoms with Gasteiger partial charge in [-0.3, -0.25) is 4.79 Å². The summed E-state index contributed by atoms with van der Waals surface area (Å²) >= 11 is 5.56. The average molecular weight is 355 g/mol. The summed E-state index contributed by atoms with van der Waals surface area (Å²) < 4.78 is 6.67. The van der Waals surface area contributed by atoms with E-state index in [1.54, 1.807) is 0 Å². The highest BCUT2D eigenvalue weighted by Crippen LogP contribution is 2.19. The van der Waals surface area contributed by atoms with Gasteiger partial charge in [0.1, 0.15) is 0 Å². The number of hydrogen-bond donors (Lipinski definition) is 0. The highest BCUT2D eigenvalue weighted by Gasteiger charge is 2.06. The molecule has 0 bridgehead atoms. The molecule has 1 rings (SSSR count). The highest BCUT2D eigenvalue weighted by atomic mass is 127. The molecule has 0 saturated carbocycles. The fourth-order valence-electron chi connectivity index (χ4n) is 0.893. The summed E-state index contributed by atoms with van der Waals surface area (Å²) in [6.45, 7) is 0. The molecular formula is C9H8BrIO2. The van der Waals surface area contributed by atoms with Crippen LogP contribution in [0.25, 0.3) is 0 Å². The van der Waals surface area contributed by atoms with Crippen molar-refractivity contribution in [2.75, 3.05) is 7.11 Å². The Bertz CT molecular complexity index is 325. The fraction of sp³-hybridized carbons (Fsp3) is 0.222. The van der Waals surface area contributed by atoms with Crippen molar-refractivity contribution in [3.05, 3.63) is 31.8 Å². The second kappa shape index (κ2) is 4.95. The third-order valence-electron chi connectivity index (χ3n) is 1.58. The third-order valence-corrected chi connectivity index (χ3v) is 3.08. The van der Waals surface area contributed by atoms with Crippen LogP contribution in [0.15, 0.2) is 22.7 Å². The van der Waals surface area contributed by atoms with Crippen LogP contribution < -0.4 is 0 Å². The van der Waals surface area contributed by atoms with E-state index in [1.807, 2.05) is 18.2 Å². The third kappa shape index (κ3) is 3.27. The summed E-state index contributed by atoms with van der Waals surface area (Å²) in [5.74, 6) is -0.208. The Morgan fingerprint density at radius 2 is 2.31 bits per heavy atom. The molecule has 0 saturated heterocycles. The summed E-state index contributed by atoms with van der Waals surface area (Å²) in [6.07, 6.45) is 0.335. The zero-order valence-corrected chi connectivity index (χ0v) is 10.8. The van der Waals surface area contributed by atoms with Crippen LogP contribution in [0.2, 0.25) is 0 Å². The smallest absolute Gasteiger partial charge is 0.310 e. The lowest BCUT2D eigenvalue weighted by atomic mass is 10.2. The Balaban J connectivity index is 2.83. The lowest BCUT2D eigenvalue weighted by molar-refractivity contribution is -0.139. The van der Waals surface area contributed by atoms with E-state index in [0.717, 1.165) is 13.6 Å². The minimum Gasteiger partial charge on any atom is -0.469 e. The number of carbonyl (C=O) groups is 1. The molecule has 0 N–H and O–H groups in total. The van der Waals surface area contributed by atoms with Crippen molar-refractivity contribution in [1.82, 2.24) is 0 Å². The predicted molar refractivity (Wildman–Crippen MR) is 62.6 cm³/mol. The number of esters is 1. The van der Waals surface area contributed by atoms with Crippen LogP contribution >= 0.6 is 38.5 Å². The number of benzene rings is 1. The molecule has 0 aliphatic rings. The predicted octanol–water partition coefficient (Wildman–Crippen LogP) is 2.77. The molecule has 0 aromatic heterocycles. The molecule has 0 amide bonds. The standard InChI is InChI=1S/C9H8BrIO2/c1-13-9(12)4-6-2-3-7(10)5-8(6)11/h2-3,5H,4H2,1H3. The van der Waals surface area contributed by atoms with Crippen molar-refractivity contribution in [3.63, 3.8) is 0 Å². The first-order valence-corrected chi connectivity index (χ1v) is 5.51. The van der Waals surface area contributed by atoms with Gasteiger partial charge in [0.15, 0.2) is 0 Å². The van der Waals surface area contributed by atoms with Crippen molar-refractivity contribution >= 4 is 44.5 Å². The molecule has 2 nitrogen and oxygen atoms in total. The lowest BCUT2D eigenvalue weighted by Gasteiger charge is -2.03. The van der Waals surface area contributed by atoms with Gasteiger partial charge in [-0.05, 0) is 40.3 Å². The van der Waals surface area contributed by atoms with Crippen molar-refractivity contribution in [2.24, 2.45) is 0 Å². The summed E-state index contributed by atoms with van der Waals surface area (Å²) in [5.41, 5.74) is 0.996. The molecule has 0 unspecified atom stereocenters. The largest absolute Gasteiger partial charge is 0.469 e. The molecule has 0 aliphatic heterocycles. The Morgan fingerprint density at radius 3 is 2.85 bits per heavy atom. The van der Waals surface area contributed by atoms with Gasteiger partial charge in [-0.1, -0.05) is 22.0 Å². The van der Waals surface area contributed by atoms with E-state index in [4.69, 9.17) is 0 Å². The molecular weight excluding hydrogens is 347 g/mol. The molecule has 0 heterocycles. The van der Waals surface area contributed by atoms with Crippen LogP contribution in [0.1, 0.15) is 5.56 Å². The maximum absolute atomic E-state index is 11.0. The van der Waals surface area contributed by atoms with E-state index in [1.165, 1.54) is 7.11 Å². The zero-order chi connectivity index (χ0) is 9.84. The normalized spacial score (nSPS) is 9.77. The van der Waals surface area contributed by atoms with Gasteiger partial charge < -0.3 is 4.74 Å². The van der Waals surface area contributed by atoms with Gasteiger partial charge in [0.05, 0.1) is 13.5 Å². The quantitative estimate of drug-likeness (QED) is 0.603. The first-order valence-electron chi connectivity index (χ1n) is 3.64. The maximum Gasteiger partial charge on any atom is 0.310 e. The van der Waals surface area contributed by atoms with Gasteiger partial charge in [-0.2, -0.15) is 0 Å². The SMILES string of the molecule is COC(=O)Cc1ccc(Br)cc1I. The summed E-state index contributed by atoms with van der Waals surface area (Å²) in [6, 6.07) is 5.81. The Kier molecular flexibility index (Phi) is 4.18. The van der Waals surface area contributed by atoms with E-state index in [0.29, 0.717) is 6.42 Å². The second-order valence-corrected chi connectivity index (χ2v) is 4.57. The van der Waals surface area contributed by atoms with E-state index in [9.17, 15) is 4.79 Å². The van der Waals surface area contributed by atoms with E-state index < -0.39 is 0 Å². The van der Waals surface area contributed by atoms with Crippen LogP contribution in [-0.4, -0.2) is 13.1 Å². The first kappa shape index (κ1) is 11.0. The summed E-state index contributed by atoms with van der Waals surface area (Å²) in [5, 5.41) is 0.